The van der Waals surface area contributed by atoms with Gasteiger partial charge < -0.3 is 9.47 Å². The summed E-state index contributed by atoms with van der Waals surface area (Å²) in [6.07, 6.45) is 19.8. The van der Waals surface area contributed by atoms with Crippen molar-refractivity contribution in [2.75, 3.05) is 6.61 Å². The van der Waals surface area contributed by atoms with Crippen LogP contribution in [0.2, 0.25) is 0 Å². The Hall–Kier alpha value is -2.55. The van der Waals surface area contributed by atoms with Gasteiger partial charge >= 0.3 is 5.97 Å². The molecule has 1 fully saturated rings. The molecule has 2 aromatic rings. The van der Waals surface area contributed by atoms with Gasteiger partial charge in [0.15, 0.2) is 0 Å². The van der Waals surface area contributed by atoms with Crippen molar-refractivity contribution in [3.05, 3.63) is 72.3 Å². The number of hydrogen-bond donors (Lipinski definition) is 0. The summed E-state index contributed by atoms with van der Waals surface area (Å²) in [5.74, 6) is 2.62. The maximum atomic E-state index is 12.6. The zero-order valence-corrected chi connectivity index (χ0v) is 22.4. The fourth-order valence-corrected chi connectivity index (χ4v) is 5.24. The maximum Gasteiger partial charge on any atom is 0.343 e. The molecule has 36 heavy (non-hydrogen) atoms. The molecule has 196 valence electrons. The molecule has 1 aliphatic rings. The molecule has 3 heteroatoms. The first-order valence-corrected chi connectivity index (χ1v) is 14.4. The number of unbranched alkanes of at least 4 members (excludes halogenated alkanes) is 7. The molecule has 0 saturated heterocycles. The molecule has 3 rings (SSSR count). The molecule has 0 aliphatic heterocycles. The minimum atomic E-state index is -0.332. The van der Waals surface area contributed by atoms with E-state index in [-0.39, 0.29) is 5.97 Å². The Morgan fingerprint density at radius 2 is 1.50 bits per heavy atom. The van der Waals surface area contributed by atoms with Crippen LogP contribution in [-0.4, -0.2) is 12.6 Å². The molecule has 1 aliphatic carbocycles. The monoisotopic (exact) mass is 490 g/mol. The number of allylic oxidation sites excluding steroid dienone is 1. The van der Waals surface area contributed by atoms with Crippen molar-refractivity contribution < 1.29 is 14.3 Å². The van der Waals surface area contributed by atoms with Gasteiger partial charge in [0.2, 0.25) is 0 Å². The lowest BCUT2D eigenvalue weighted by atomic mass is 9.77. The first-order chi connectivity index (χ1) is 17.7. The number of hydrogen-bond acceptors (Lipinski definition) is 3. The summed E-state index contributed by atoms with van der Waals surface area (Å²) in [7, 11) is 0. The van der Waals surface area contributed by atoms with Gasteiger partial charge in [-0.25, -0.2) is 4.79 Å². The zero-order valence-electron chi connectivity index (χ0n) is 22.4. The second-order valence-corrected chi connectivity index (χ2v) is 10.4. The fraction of sp³-hybridized carbons (Fsp3) is 0.545. The van der Waals surface area contributed by atoms with Crippen LogP contribution < -0.4 is 9.47 Å². The number of benzene rings is 2. The van der Waals surface area contributed by atoms with E-state index in [2.05, 4.69) is 25.6 Å². The number of rotatable bonds is 16. The predicted octanol–water partition coefficient (Wildman–Crippen LogP) is 9.67. The topological polar surface area (TPSA) is 35.5 Å². The molecule has 3 nitrogen and oxygen atoms in total. The van der Waals surface area contributed by atoms with Crippen LogP contribution in [0.1, 0.15) is 119 Å². The lowest BCUT2D eigenvalue weighted by Crippen LogP contribution is -2.13. The molecule has 0 radical (unpaired) electrons. The number of carbonyl (C=O) groups is 1. The van der Waals surface area contributed by atoms with E-state index < -0.39 is 0 Å². The van der Waals surface area contributed by atoms with E-state index in [4.69, 9.17) is 9.47 Å². The molecule has 1 saturated carbocycles. The van der Waals surface area contributed by atoms with Crippen LogP contribution in [0, 0.1) is 5.92 Å². The van der Waals surface area contributed by atoms with Crippen molar-refractivity contribution in [1.82, 2.24) is 0 Å². The van der Waals surface area contributed by atoms with E-state index in [1.807, 2.05) is 30.3 Å². The highest BCUT2D eigenvalue weighted by molar-refractivity contribution is 5.91. The summed E-state index contributed by atoms with van der Waals surface area (Å²) in [5, 5.41) is 0. The Balaban J connectivity index is 1.36. The molecule has 0 heterocycles. The Bertz CT molecular complexity index is 876. The Morgan fingerprint density at radius 3 is 2.19 bits per heavy atom. The van der Waals surface area contributed by atoms with E-state index in [1.165, 1.54) is 82.6 Å². The Labute approximate surface area is 219 Å². The zero-order chi connectivity index (χ0) is 25.4. The van der Waals surface area contributed by atoms with Crippen LogP contribution in [0.4, 0.5) is 0 Å². The van der Waals surface area contributed by atoms with Crippen molar-refractivity contribution in [2.45, 2.75) is 103 Å². The summed E-state index contributed by atoms with van der Waals surface area (Å²) in [6.45, 7) is 6.74. The van der Waals surface area contributed by atoms with Gasteiger partial charge in [-0.2, -0.15) is 0 Å². The highest BCUT2D eigenvalue weighted by Crippen LogP contribution is 2.38. The van der Waals surface area contributed by atoms with E-state index >= 15 is 0 Å². The third-order valence-corrected chi connectivity index (χ3v) is 7.54. The van der Waals surface area contributed by atoms with Crippen LogP contribution in [-0.2, 0) is 0 Å². The summed E-state index contributed by atoms with van der Waals surface area (Å²) in [5.41, 5.74) is 1.91. The number of carbonyl (C=O) groups excluding carboxylic acids is 1. The molecule has 2 aromatic carbocycles. The average molecular weight is 491 g/mol. The molecule has 0 aromatic heterocycles. The summed E-state index contributed by atoms with van der Waals surface area (Å²) < 4.78 is 11.4. The second kappa shape index (κ2) is 16.2. The Kier molecular flexibility index (Phi) is 12.6. The average Bonchev–Trinajstić information content (AvgIpc) is 2.91. The van der Waals surface area contributed by atoms with Gasteiger partial charge in [-0.05, 0) is 98.7 Å². The van der Waals surface area contributed by atoms with Gasteiger partial charge in [0.1, 0.15) is 11.5 Å². The predicted molar refractivity (Wildman–Crippen MR) is 150 cm³/mol. The molecule has 0 spiro atoms. The smallest absolute Gasteiger partial charge is 0.343 e. The molecule has 0 bridgehead atoms. The normalized spacial score (nSPS) is 17.5. The fourth-order valence-electron chi connectivity index (χ4n) is 5.24. The number of esters is 1. The molecule has 0 unspecified atom stereocenters. The molecule has 0 amide bonds. The lowest BCUT2D eigenvalue weighted by Gasteiger charge is -2.29. The third kappa shape index (κ3) is 9.84. The van der Waals surface area contributed by atoms with Gasteiger partial charge in [0.05, 0.1) is 12.2 Å². The first kappa shape index (κ1) is 28.0. The van der Waals surface area contributed by atoms with E-state index in [9.17, 15) is 4.79 Å². The van der Waals surface area contributed by atoms with E-state index in [0.29, 0.717) is 23.8 Å². The van der Waals surface area contributed by atoms with Crippen LogP contribution in [0.3, 0.4) is 0 Å². The quantitative estimate of drug-likeness (QED) is 0.102. The highest BCUT2D eigenvalue weighted by Gasteiger charge is 2.22. The molecular weight excluding hydrogens is 444 g/mol. The second-order valence-electron chi connectivity index (χ2n) is 10.4. The largest absolute Gasteiger partial charge is 0.494 e. The third-order valence-electron chi connectivity index (χ3n) is 7.54. The summed E-state index contributed by atoms with van der Waals surface area (Å²) in [4.78, 5) is 12.6. The van der Waals surface area contributed by atoms with Gasteiger partial charge in [0.25, 0.3) is 0 Å². The summed E-state index contributed by atoms with van der Waals surface area (Å²) in [6, 6.07) is 15.4. The minimum absolute atomic E-state index is 0.332. The van der Waals surface area contributed by atoms with Gasteiger partial charge in [-0.1, -0.05) is 70.1 Å². The van der Waals surface area contributed by atoms with Crippen molar-refractivity contribution in [1.29, 1.82) is 0 Å². The van der Waals surface area contributed by atoms with Crippen molar-refractivity contribution in [3.8, 4) is 11.5 Å². The maximum absolute atomic E-state index is 12.6. The summed E-state index contributed by atoms with van der Waals surface area (Å²) >= 11 is 0. The van der Waals surface area contributed by atoms with Gasteiger partial charge in [-0.3, -0.25) is 0 Å². The molecule has 0 N–H and O–H groups in total. The highest BCUT2D eigenvalue weighted by atomic mass is 16.5. The van der Waals surface area contributed by atoms with Gasteiger partial charge in [0, 0.05) is 0 Å². The van der Waals surface area contributed by atoms with Gasteiger partial charge in [-0.15, -0.1) is 6.58 Å². The molecular formula is C33H46O3. The lowest BCUT2D eigenvalue weighted by molar-refractivity contribution is 0.0734. The Morgan fingerprint density at radius 1 is 0.833 bits per heavy atom. The van der Waals surface area contributed by atoms with Crippen LogP contribution in [0.25, 0.3) is 0 Å². The van der Waals surface area contributed by atoms with E-state index in [1.54, 1.807) is 12.1 Å². The van der Waals surface area contributed by atoms with Crippen LogP contribution in [0.5, 0.6) is 11.5 Å². The van der Waals surface area contributed by atoms with E-state index in [0.717, 1.165) is 24.5 Å². The number of ether oxygens (including phenoxy) is 2. The minimum Gasteiger partial charge on any atom is -0.494 e. The standard InChI is InChI=1S/C33H46O3/c1-3-5-7-8-9-10-12-26-35-31-22-20-30(21-23-31)33(34)36-32-24-18-29(19-25-32)28-16-14-27(15-17-28)13-11-6-4-2/h3,18-25,27-28H,1,4-17,26H2,2H3/t27-,28-. The SMILES string of the molecule is C=CCCCCCCCOc1ccc(C(=O)Oc2ccc([C@H]3CC[C@H](CCCCC)CC3)cc2)cc1. The first-order valence-electron chi connectivity index (χ1n) is 14.4. The molecule has 0 atom stereocenters. The van der Waals surface area contributed by atoms with Crippen molar-refractivity contribution in [2.24, 2.45) is 5.92 Å². The van der Waals surface area contributed by atoms with Crippen molar-refractivity contribution >= 4 is 5.97 Å². The van der Waals surface area contributed by atoms with Crippen LogP contribution in [0.15, 0.2) is 61.2 Å². The van der Waals surface area contributed by atoms with Crippen LogP contribution >= 0.6 is 0 Å². The van der Waals surface area contributed by atoms with Crippen molar-refractivity contribution in [3.63, 3.8) is 0 Å².